The summed E-state index contributed by atoms with van der Waals surface area (Å²) in [5, 5.41) is 8.05. The second-order valence-corrected chi connectivity index (χ2v) is 8.54. The summed E-state index contributed by atoms with van der Waals surface area (Å²) in [7, 11) is 0. The molecule has 9 heteroatoms. The monoisotopic (exact) mass is 468 g/mol. The molecule has 2 aromatic carbocycles. The molecule has 2 N–H and O–H groups in total. The highest BCUT2D eigenvalue weighted by atomic mass is 32.1. The zero-order chi connectivity index (χ0) is 23.0. The fourth-order valence-electron chi connectivity index (χ4n) is 3.47. The van der Waals surface area contributed by atoms with E-state index in [0.717, 1.165) is 23.7 Å². The summed E-state index contributed by atoms with van der Waals surface area (Å²) in [5.74, 6) is -1.10. The molecule has 2 amide bonds. The molecule has 1 aliphatic rings. The Kier molecular flexibility index (Phi) is 7.77. The number of amides is 2. The van der Waals surface area contributed by atoms with E-state index in [0.29, 0.717) is 31.1 Å². The van der Waals surface area contributed by atoms with Crippen LogP contribution in [0.2, 0.25) is 0 Å². The molecule has 0 unspecified atom stereocenters. The standard InChI is InChI=1S/C24H25FN4O3S/c25-20-7-6-18(14-21(20)28-22(30)8-9-29-10-12-32-13-11-29)26-23(31)15-19-16-33-24(27-19)17-4-2-1-3-5-17/h1-7,14,16H,8-13,15H2,(H,26,31)(H,28,30). The number of carbonyl (C=O) groups is 2. The first-order valence-electron chi connectivity index (χ1n) is 10.8. The largest absolute Gasteiger partial charge is 0.379 e. The van der Waals surface area contributed by atoms with Crippen molar-refractivity contribution in [3.05, 3.63) is 65.4 Å². The van der Waals surface area contributed by atoms with Gasteiger partial charge in [-0.1, -0.05) is 30.3 Å². The molecule has 1 fully saturated rings. The number of anilines is 2. The summed E-state index contributed by atoms with van der Waals surface area (Å²) in [5.41, 5.74) is 2.11. The van der Waals surface area contributed by atoms with E-state index in [1.165, 1.54) is 29.5 Å². The molecule has 2 heterocycles. The highest BCUT2D eigenvalue weighted by Crippen LogP contribution is 2.24. The molecule has 1 saturated heterocycles. The molecule has 0 atom stereocenters. The number of nitrogens with zero attached hydrogens (tertiary/aromatic N) is 2. The Hall–Kier alpha value is -3.14. The number of thiazole rings is 1. The molecule has 1 aromatic heterocycles. The number of ether oxygens (including phenoxy) is 1. The highest BCUT2D eigenvalue weighted by Gasteiger charge is 2.14. The average Bonchev–Trinajstić information content (AvgIpc) is 3.29. The molecule has 3 aromatic rings. The Morgan fingerprint density at radius 2 is 1.85 bits per heavy atom. The van der Waals surface area contributed by atoms with Crippen molar-refractivity contribution in [2.45, 2.75) is 12.8 Å². The fourth-order valence-corrected chi connectivity index (χ4v) is 4.29. The Labute approximate surface area is 195 Å². The van der Waals surface area contributed by atoms with Crippen molar-refractivity contribution in [2.75, 3.05) is 43.5 Å². The number of rotatable bonds is 8. The van der Waals surface area contributed by atoms with Crippen molar-refractivity contribution in [3.8, 4) is 10.6 Å². The van der Waals surface area contributed by atoms with Gasteiger partial charge in [-0.05, 0) is 18.2 Å². The lowest BCUT2D eigenvalue weighted by Crippen LogP contribution is -2.38. The van der Waals surface area contributed by atoms with Gasteiger partial charge in [-0.3, -0.25) is 14.5 Å². The maximum atomic E-state index is 14.2. The van der Waals surface area contributed by atoms with Gasteiger partial charge >= 0.3 is 0 Å². The summed E-state index contributed by atoms with van der Waals surface area (Å²) in [6.45, 7) is 3.48. The summed E-state index contributed by atoms with van der Waals surface area (Å²) in [4.78, 5) is 31.4. The first-order valence-corrected chi connectivity index (χ1v) is 11.6. The minimum absolute atomic E-state index is 0.0415. The van der Waals surface area contributed by atoms with Crippen molar-refractivity contribution >= 4 is 34.5 Å². The number of halogens is 1. The first kappa shape index (κ1) is 23.0. The molecule has 0 spiro atoms. The van der Waals surface area contributed by atoms with Crippen molar-refractivity contribution in [1.29, 1.82) is 0 Å². The molecule has 1 aliphatic heterocycles. The molecule has 7 nitrogen and oxygen atoms in total. The second kappa shape index (κ2) is 11.1. The molecular weight excluding hydrogens is 443 g/mol. The van der Waals surface area contributed by atoms with Crippen LogP contribution in [0.1, 0.15) is 12.1 Å². The van der Waals surface area contributed by atoms with E-state index < -0.39 is 5.82 Å². The number of morpholine rings is 1. The third kappa shape index (κ3) is 6.67. The van der Waals surface area contributed by atoms with Crippen LogP contribution in [0.15, 0.2) is 53.9 Å². The topological polar surface area (TPSA) is 83.6 Å². The van der Waals surface area contributed by atoms with E-state index in [4.69, 9.17) is 4.74 Å². The van der Waals surface area contributed by atoms with Crippen molar-refractivity contribution < 1.29 is 18.7 Å². The van der Waals surface area contributed by atoms with Crippen LogP contribution < -0.4 is 10.6 Å². The third-order valence-corrected chi connectivity index (χ3v) is 6.14. The van der Waals surface area contributed by atoms with Crippen LogP contribution in [0.3, 0.4) is 0 Å². The minimum Gasteiger partial charge on any atom is -0.379 e. The predicted molar refractivity (Wildman–Crippen MR) is 127 cm³/mol. The van der Waals surface area contributed by atoms with Crippen LogP contribution in [0.4, 0.5) is 15.8 Å². The number of carbonyl (C=O) groups excluding carboxylic acids is 2. The summed E-state index contributed by atoms with van der Waals surface area (Å²) < 4.78 is 19.5. The zero-order valence-corrected chi connectivity index (χ0v) is 18.9. The van der Waals surface area contributed by atoms with Crippen molar-refractivity contribution in [3.63, 3.8) is 0 Å². The van der Waals surface area contributed by atoms with Crippen LogP contribution in [0, 0.1) is 5.82 Å². The molecule has 33 heavy (non-hydrogen) atoms. The Bertz CT molecular complexity index is 1100. The number of hydrogen-bond donors (Lipinski definition) is 2. The lowest BCUT2D eigenvalue weighted by atomic mass is 10.2. The third-order valence-electron chi connectivity index (χ3n) is 5.20. The molecule has 0 saturated carbocycles. The number of hydrogen-bond acceptors (Lipinski definition) is 6. The van der Waals surface area contributed by atoms with Crippen LogP contribution in [-0.4, -0.2) is 54.5 Å². The summed E-state index contributed by atoms with van der Waals surface area (Å²) >= 11 is 1.48. The maximum Gasteiger partial charge on any atom is 0.230 e. The molecule has 172 valence electrons. The second-order valence-electron chi connectivity index (χ2n) is 7.68. The Balaban J connectivity index is 1.31. The van der Waals surface area contributed by atoms with E-state index in [1.54, 1.807) is 0 Å². The van der Waals surface area contributed by atoms with Gasteiger partial charge in [0, 0.05) is 42.7 Å². The Morgan fingerprint density at radius 3 is 2.64 bits per heavy atom. The fraction of sp³-hybridized carbons (Fsp3) is 0.292. The SMILES string of the molecule is O=C(Cc1csc(-c2ccccc2)n1)Nc1ccc(F)c(NC(=O)CCN2CCOCC2)c1. The van der Waals surface area contributed by atoms with E-state index in [-0.39, 0.29) is 30.3 Å². The van der Waals surface area contributed by atoms with Gasteiger partial charge in [-0.2, -0.15) is 0 Å². The Morgan fingerprint density at radius 1 is 1.06 bits per heavy atom. The van der Waals surface area contributed by atoms with E-state index in [1.807, 2.05) is 35.7 Å². The summed E-state index contributed by atoms with van der Waals surface area (Å²) in [6, 6.07) is 13.9. The summed E-state index contributed by atoms with van der Waals surface area (Å²) in [6.07, 6.45) is 0.353. The van der Waals surface area contributed by atoms with Gasteiger partial charge in [0.15, 0.2) is 0 Å². The van der Waals surface area contributed by atoms with Crippen molar-refractivity contribution in [2.24, 2.45) is 0 Å². The van der Waals surface area contributed by atoms with Gasteiger partial charge < -0.3 is 15.4 Å². The smallest absolute Gasteiger partial charge is 0.230 e. The molecule has 4 rings (SSSR count). The van der Waals surface area contributed by atoms with E-state index >= 15 is 0 Å². The molecule has 0 aliphatic carbocycles. The van der Waals surface area contributed by atoms with E-state index in [2.05, 4.69) is 20.5 Å². The van der Waals surface area contributed by atoms with Crippen LogP contribution in [0.5, 0.6) is 0 Å². The van der Waals surface area contributed by atoms with Crippen LogP contribution in [-0.2, 0) is 20.7 Å². The van der Waals surface area contributed by atoms with Gasteiger partial charge in [0.25, 0.3) is 0 Å². The van der Waals surface area contributed by atoms with Gasteiger partial charge in [-0.15, -0.1) is 11.3 Å². The predicted octanol–water partition coefficient (Wildman–Crippen LogP) is 3.79. The van der Waals surface area contributed by atoms with Gasteiger partial charge in [0.2, 0.25) is 11.8 Å². The highest BCUT2D eigenvalue weighted by molar-refractivity contribution is 7.13. The quantitative estimate of drug-likeness (QED) is 0.526. The number of nitrogens with one attached hydrogen (secondary N) is 2. The first-order chi connectivity index (χ1) is 16.1. The zero-order valence-electron chi connectivity index (χ0n) is 18.1. The van der Waals surface area contributed by atoms with Crippen LogP contribution >= 0.6 is 11.3 Å². The van der Waals surface area contributed by atoms with Gasteiger partial charge in [0.05, 0.1) is 31.0 Å². The average molecular weight is 469 g/mol. The number of benzene rings is 2. The molecule has 0 radical (unpaired) electrons. The van der Waals surface area contributed by atoms with Gasteiger partial charge in [-0.25, -0.2) is 9.37 Å². The lowest BCUT2D eigenvalue weighted by Gasteiger charge is -2.26. The van der Waals surface area contributed by atoms with Gasteiger partial charge in [0.1, 0.15) is 10.8 Å². The minimum atomic E-state index is -0.556. The number of aromatic nitrogens is 1. The van der Waals surface area contributed by atoms with Crippen molar-refractivity contribution in [1.82, 2.24) is 9.88 Å². The van der Waals surface area contributed by atoms with E-state index in [9.17, 15) is 14.0 Å². The molecule has 0 bridgehead atoms. The lowest BCUT2D eigenvalue weighted by molar-refractivity contribution is -0.117. The maximum absolute atomic E-state index is 14.2. The normalized spacial score (nSPS) is 14.1. The molecular formula is C24H25FN4O3S. The van der Waals surface area contributed by atoms with Crippen LogP contribution in [0.25, 0.3) is 10.6 Å².